The second kappa shape index (κ2) is 6.61. The van der Waals surface area contributed by atoms with E-state index in [1.54, 1.807) is 24.3 Å². The van der Waals surface area contributed by atoms with E-state index in [0.717, 1.165) is 36.7 Å². The van der Waals surface area contributed by atoms with E-state index in [4.69, 9.17) is 0 Å². The van der Waals surface area contributed by atoms with Crippen LogP contribution in [0.3, 0.4) is 0 Å². The number of ketones is 1. The predicted octanol–water partition coefficient (Wildman–Crippen LogP) is 2.86. The molecule has 1 saturated heterocycles. The molecule has 5 heteroatoms. The molecule has 0 aliphatic carbocycles. The van der Waals surface area contributed by atoms with Gasteiger partial charge in [0.2, 0.25) is 0 Å². The van der Waals surface area contributed by atoms with E-state index in [1.807, 2.05) is 16.7 Å². The number of hydrogen-bond acceptors (Lipinski definition) is 3. The number of carbonyl (C=O) groups is 2. The van der Waals surface area contributed by atoms with Crippen molar-refractivity contribution in [2.75, 3.05) is 29.9 Å². The lowest BCUT2D eigenvalue weighted by Crippen LogP contribution is -2.36. The van der Waals surface area contributed by atoms with Crippen LogP contribution >= 0.6 is 11.8 Å². The van der Waals surface area contributed by atoms with Crippen LogP contribution in [0.15, 0.2) is 24.3 Å². The summed E-state index contributed by atoms with van der Waals surface area (Å²) in [7, 11) is 0. The molecule has 0 aromatic heterocycles. The minimum Gasteiger partial charge on any atom is -0.324 e. The Morgan fingerprint density at radius 1 is 1.16 bits per heavy atom. The molecule has 0 bridgehead atoms. The summed E-state index contributed by atoms with van der Waals surface area (Å²) in [6.45, 7) is 3.13. The van der Waals surface area contributed by atoms with Crippen molar-refractivity contribution in [3.05, 3.63) is 29.8 Å². The third-order valence-corrected chi connectivity index (χ3v) is 4.10. The lowest BCUT2D eigenvalue weighted by Gasteiger charge is -2.20. The fourth-order valence-corrected chi connectivity index (χ4v) is 2.83. The number of thioether (sulfide) groups is 1. The number of amides is 2. The SMILES string of the molecule is CC(=O)c1ccc(NC(=O)N2CCCSCC2)cc1. The molecule has 0 radical (unpaired) electrons. The first-order chi connectivity index (χ1) is 9.16. The maximum absolute atomic E-state index is 12.1. The van der Waals surface area contributed by atoms with Crippen molar-refractivity contribution in [3.63, 3.8) is 0 Å². The minimum atomic E-state index is -0.0573. The van der Waals surface area contributed by atoms with Crippen molar-refractivity contribution in [2.45, 2.75) is 13.3 Å². The number of hydrogen-bond donors (Lipinski definition) is 1. The summed E-state index contributed by atoms with van der Waals surface area (Å²) in [6, 6.07) is 6.94. The maximum atomic E-state index is 12.1. The Kier molecular flexibility index (Phi) is 4.85. The van der Waals surface area contributed by atoms with E-state index in [2.05, 4.69) is 5.32 Å². The van der Waals surface area contributed by atoms with Crippen molar-refractivity contribution in [3.8, 4) is 0 Å². The number of Topliss-reactive ketones (excluding diaryl/α,β-unsaturated/α-hetero) is 1. The van der Waals surface area contributed by atoms with Gasteiger partial charge in [0.05, 0.1) is 0 Å². The van der Waals surface area contributed by atoms with Crippen LogP contribution in [0.1, 0.15) is 23.7 Å². The van der Waals surface area contributed by atoms with E-state index in [1.165, 1.54) is 6.92 Å². The van der Waals surface area contributed by atoms with Gasteiger partial charge in [-0.25, -0.2) is 4.79 Å². The molecular formula is C14H18N2O2S. The zero-order chi connectivity index (χ0) is 13.7. The lowest BCUT2D eigenvalue weighted by atomic mass is 10.1. The monoisotopic (exact) mass is 278 g/mol. The highest BCUT2D eigenvalue weighted by atomic mass is 32.2. The zero-order valence-electron chi connectivity index (χ0n) is 11.0. The van der Waals surface area contributed by atoms with Crippen LogP contribution in [0, 0.1) is 0 Å². The van der Waals surface area contributed by atoms with Gasteiger partial charge >= 0.3 is 6.03 Å². The van der Waals surface area contributed by atoms with Crippen LogP contribution in [-0.4, -0.2) is 41.3 Å². The summed E-state index contributed by atoms with van der Waals surface area (Å²) in [6.07, 6.45) is 1.04. The van der Waals surface area contributed by atoms with Crippen LogP contribution in [0.5, 0.6) is 0 Å². The molecule has 1 aliphatic rings. The second-order valence-electron chi connectivity index (χ2n) is 4.52. The van der Waals surface area contributed by atoms with Crippen molar-refractivity contribution in [1.82, 2.24) is 4.90 Å². The fraction of sp³-hybridized carbons (Fsp3) is 0.429. The second-order valence-corrected chi connectivity index (χ2v) is 5.74. The molecular weight excluding hydrogens is 260 g/mol. The maximum Gasteiger partial charge on any atom is 0.321 e. The Balaban J connectivity index is 1.95. The van der Waals surface area contributed by atoms with Gasteiger partial charge in [-0.2, -0.15) is 11.8 Å². The first kappa shape index (κ1) is 13.9. The largest absolute Gasteiger partial charge is 0.324 e. The molecule has 1 heterocycles. The first-order valence-corrected chi connectivity index (χ1v) is 7.57. The molecule has 0 saturated carbocycles. The Morgan fingerprint density at radius 3 is 2.58 bits per heavy atom. The standard InChI is InChI=1S/C14H18N2O2S/c1-11(17)12-3-5-13(6-4-12)15-14(18)16-7-2-9-19-10-8-16/h3-6H,2,7-10H2,1H3,(H,15,18). The van der Waals surface area contributed by atoms with E-state index in [9.17, 15) is 9.59 Å². The first-order valence-electron chi connectivity index (χ1n) is 6.41. The average Bonchev–Trinajstić information content (AvgIpc) is 2.68. The van der Waals surface area contributed by atoms with Gasteiger partial charge in [-0.3, -0.25) is 4.79 Å². The normalized spacial score (nSPS) is 15.7. The summed E-state index contributed by atoms with van der Waals surface area (Å²) in [5, 5.41) is 2.87. The number of urea groups is 1. The molecule has 1 aromatic rings. The summed E-state index contributed by atoms with van der Waals surface area (Å²) in [5.74, 6) is 2.15. The van der Waals surface area contributed by atoms with Crippen LogP contribution in [0.25, 0.3) is 0 Å². The highest BCUT2D eigenvalue weighted by molar-refractivity contribution is 7.99. The summed E-state index contributed by atoms with van der Waals surface area (Å²) >= 11 is 1.89. The molecule has 0 unspecified atom stereocenters. The van der Waals surface area contributed by atoms with Crippen LogP contribution in [-0.2, 0) is 0 Å². The Hall–Kier alpha value is -1.49. The van der Waals surface area contributed by atoms with E-state index in [-0.39, 0.29) is 11.8 Å². The fourth-order valence-electron chi connectivity index (χ4n) is 1.94. The number of carbonyl (C=O) groups excluding carboxylic acids is 2. The number of nitrogens with one attached hydrogen (secondary N) is 1. The molecule has 0 atom stereocenters. The lowest BCUT2D eigenvalue weighted by molar-refractivity contribution is 0.101. The zero-order valence-corrected chi connectivity index (χ0v) is 11.8. The molecule has 1 aliphatic heterocycles. The molecule has 1 aromatic carbocycles. The van der Waals surface area contributed by atoms with Crippen LogP contribution in [0.2, 0.25) is 0 Å². The molecule has 19 heavy (non-hydrogen) atoms. The Bertz CT molecular complexity index is 451. The third-order valence-electron chi connectivity index (χ3n) is 3.05. The highest BCUT2D eigenvalue weighted by Crippen LogP contribution is 2.14. The van der Waals surface area contributed by atoms with Gasteiger partial charge in [-0.15, -0.1) is 0 Å². The number of anilines is 1. The quantitative estimate of drug-likeness (QED) is 0.846. The molecule has 102 valence electrons. The van der Waals surface area contributed by atoms with Gasteiger partial charge in [0.1, 0.15) is 0 Å². The number of nitrogens with zero attached hydrogens (tertiary/aromatic N) is 1. The van der Waals surface area contributed by atoms with Crippen LogP contribution < -0.4 is 5.32 Å². The van der Waals surface area contributed by atoms with Gasteiger partial charge in [0.25, 0.3) is 0 Å². The molecule has 4 nitrogen and oxygen atoms in total. The Morgan fingerprint density at radius 2 is 1.89 bits per heavy atom. The van der Waals surface area contributed by atoms with Gasteiger partial charge in [-0.1, -0.05) is 0 Å². The van der Waals surface area contributed by atoms with Crippen molar-refractivity contribution >= 4 is 29.3 Å². The van der Waals surface area contributed by atoms with E-state index < -0.39 is 0 Å². The summed E-state index contributed by atoms with van der Waals surface area (Å²) in [4.78, 5) is 25.1. The molecule has 1 N–H and O–H groups in total. The number of rotatable bonds is 2. The molecule has 2 rings (SSSR count). The van der Waals surface area contributed by atoms with Crippen LogP contribution in [0.4, 0.5) is 10.5 Å². The third kappa shape index (κ3) is 3.99. The van der Waals surface area contributed by atoms with Gasteiger partial charge in [0.15, 0.2) is 5.78 Å². The summed E-state index contributed by atoms with van der Waals surface area (Å²) in [5.41, 5.74) is 1.39. The van der Waals surface area contributed by atoms with Gasteiger partial charge in [0, 0.05) is 30.1 Å². The molecule has 0 spiro atoms. The number of benzene rings is 1. The molecule has 1 fully saturated rings. The van der Waals surface area contributed by atoms with E-state index >= 15 is 0 Å². The predicted molar refractivity (Wildman–Crippen MR) is 79.0 cm³/mol. The smallest absolute Gasteiger partial charge is 0.321 e. The summed E-state index contributed by atoms with van der Waals surface area (Å²) < 4.78 is 0. The van der Waals surface area contributed by atoms with Crippen molar-refractivity contribution in [2.24, 2.45) is 0 Å². The Labute approximate surface area is 117 Å². The van der Waals surface area contributed by atoms with Gasteiger partial charge < -0.3 is 10.2 Å². The van der Waals surface area contributed by atoms with Gasteiger partial charge in [-0.05, 0) is 43.4 Å². The molecule has 2 amide bonds. The van der Waals surface area contributed by atoms with E-state index in [0.29, 0.717) is 5.56 Å². The average molecular weight is 278 g/mol. The minimum absolute atomic E-state index is 0.0300. The van der Waals surface area contributed by atoms with Crippen molar-refractivity contribution < 1.29 is 9.59 Å². The topological polar surface area (TPSA) is 49.4 Å². The highest BCUT2D eigenvalue weighted by Gasteiger charge is 2.15. The van der Waals surface area contributed by atoms with Crippen molar-refractivity contribution in [1.29, 1.82) is 0 Å².